The van der Waals surface area contributed by atoms with Gasteiger partial charge in [0.1, 0.15) is 18.6 Å². The number of nitrogens with one attached hydrogen (secondary N) is 1. The molecule has 0 aliphatic carbocycles. The molecule has 206 valence electrons. The summed E-state index contributed by atoms with van der Waals surface area (Å²) in [4.78, 5) is 19.6. The Hall–Kier alpha value is -3.36. The number of alkyl halides is 1. The molecule has 2 aromatic heterocycles. The van der Waals surface area contributed by atoms with Crippen LogP contribution in [0.5, 0.6) is 6.01 Å². The number of hydrogen-bond donors (Lipinski definition) is 1. The predicted molar refractivity (Wildman–Crippen MR) is 156 cm³/mol. The Balaban J connectivity index is 1.21. The molecular weight excluding hydrogens is 503 g/mol. The first-order valence-corrected chi connectivity index (χ1v) is 14.8. The number of aromatic nitrogens is 3. The van der Waals surface area contributed by atoms with Crippen molar-refractivity contribution in [1.82, 2.24) is 25.2 Å². The third kappa shape index (κ3) is 4.03. The minimum absolute atomic E-state index is 0.248. The van der Waals surface area contributed by atoms with Gasteiger partial charge in [-0.3, -0.25) is 4.90 Å². The van der Waals surface area contributed by atoms with Gasteiger partial charge < -0.3 is 15.0 Å². The molecule has 4 fully saturated rings. The highest BCUT2D eigenvalue weighted by Crippen LogP contribution is 2.41. The van der Waals surface area contributed by atoms with E-state index in [2.05, 4.69) is 70.6 Å². The van der Waals surface area contributed by atoms with Crippen molar-refractivity contribution >= 4 is 27.6 Å². The maximum absolute atomic E-state index is 14.4. The molecule has 2 aromatic carbocycles. The molecule has 4 atom stereocenters. The number of nitrogens with zero attached hydrogens (tertiary/aromatic N) is 5. The smallest absolute Gasteiger partial charge is 0.320 e. The van der Waals surface area contributed by atoms with Crippen molar-refractivity contribution < 1.29 is 9.13 Å². The molecule has 0 spiro atoms. The molecular formula is C32H35FN6O. The third-order valence-corrected chi connectivity index (χ3v) is 9.66. The fraction of sp³-hybridized carbons (Fsp3) is 0.469. The van der Waals surface area contributed by atoms with Gasteiger partial charge in [-0.25, -0.2) is 9.37 Å². The van der Waals surface area contributed by atoms with Crippen molar-refractivity contribution in [3.05, 3.63) is 54.1 Å². The van der Waals surface area contributed by atoms with Crippen molar-refractivity contribution in [3.63, 3.8) is 0 Å². The highest BCUT2D eigenvalue weighted by atomic mass is 19.1. The minimum Gasteiger partial charge on any atom is -0.461 e. The number of benzene rings is 2. The van der Waals surface area contributed by atoms with Gasteiger partial charge in [0.2, 0.25) is 0 Å². The Labute approximate surface area is 233 Å². The quantitative estimate of drug-likeness (QED) is 0.382. The van der Waals surface area contributed by atoms with E-state index in [-0.39, 0.29) is 5.54 Å². The zero-order valence-electron chi connectivity index (χ0n) is 22.9. The number of halogens is 1. The fourth-order valence-corrected chi connectivity index (χ4v) is 7.79. The molecule has 1 N–H and O–H groups in total. The van der Waals surface area contributed by atoms with Gasteiger partial charge in [-0.15, -0.1) is 0 Å². The van der Waals surface area contributed by atoms with Crippen LogP contribution in [0.2, 0.25) is 0 Å². The van der Waals surface area contributed by atoms with Crippen LogP contribution in [0.25, 0.3) is 33.1 Å². The number of hydrogen-bond acceptors (Lipinski definition) is 7. The van der Waals surface area contributed by atoms with E-state index < -0.39 is 6.17 Å². The monoisotopic (exact) mass is 538 g/mol. The summed E-state index contributed by atoms with van der Waals surface area (Å²) in [6.45, 7) is 5.82. The molecule has 8 rings (SSSR count). The molecule has 0 saturated carbocycles. The van der Waals surface area contributed by atoms with Crippen LogP contribution in [0.4, 0.5) is 10.2 Å². The van der Waals surface area contributed by atoms with Crippen LogP contribution in [0.1, 0.15) is 37.7 Å². The van der Waals surface area contributed by atoms with Gasteiger partial charge in [0.25, 0.3) is 0 Å². The van der Waals surface area contributed by atoms with E-state index in [4.69, 9.17) is 19.7 Å². The van der Waals surface area contributed by atoms with Gasteiger partial charge in [-0.2, -0.15) is 9.97 Å². The second kappa shape index (κ2) is 9.35. The lowest BCUT2D eigenvalue weighted by molar-refractivity contribution is 0.107. The van der Waals surface area contributed by atoms with E-state index in [1.165, 1.54) is 29.2 Å². The van der Waals surface area contributed by atoms with Crippen molar-refractivity contribution in [2.45, 2.75) is 62.8 Å². The summed E-state index contributed by atoms with van der Waals surface area (Å²) < 4.78 is 20.8. The first-order valence-electron chi connectivity index (χ1n) is 14.8. The first kappa shape index (κ1) is 24.4. The lowest BCUT2D eigenvalue weighted by atomic mass is 9.95. The topological polar surface area (TPSA) is 66.4 Å². The van der Waals surface area contributed by atoms with Crippen LogP contribution < -0.4 is 15.0 Å². The van der Waals surface area contributed by atoms with Crippen molar-refractivity contribution in [3.8, 4) is 17.3 Å². The Morgan fingerprint density at radius 2 is 1.82 bits per heavy atom. The second-order valence-electron chi connectivity index (χ2n) is 12.3. The maximum atomic E-state index is 14.4. The van der Waals surface area contributed by atoms with E-state index >= 15 is 0 Å². The van der Waals surface area contributed by atoms with E-state index in [1.54, 1.807) is 0 Å². The molecule has 2 unspecified atom stereocenters. The molecule has 6 heterocycles. The van der Waals surface area contributed by atoms with Gasteiger partial charge in [-0.05, 0) is 67.6 Å². The highest BCUT2D eigenvalue weighted by molar-refractivity contribution is 5.99. The number of anilines is 1. The zero-order chi connectivity index (χ0) is 26.8. The van der Waals surface area contributed by atoms with Crippen molar-refractivity contribution in [2.75, 3.05) is 37.7 Å². The summed E-state index contributed by atoms with van der Waals surface area (Å²) in [7, 11) is 0. The average Bonchev–Trinajstić information content (AvgIpc) is 3.61. The molecule has 0 radical (unpaired) electrons. The summed E-state index contributed by atoms with van der Waals surface area (Å²) in [6, 6.07) is 18.3. The second-order valence-corrected chi connectivity index (χ2v) is 12.3. The number of aryl methyl sites for hydroxylation is 1. The number of pyridine rings is 1. The molecule has 8 heteroatoms. The van der Waals surface area contributed by atoms with Crippen LogP contribution in [0.15, 0.2) is 48.5 Å². The normalized spacial score (nSPS) is 28.1. The number of piperazine rings is 1. The Bertz CT molecular complexity index is 1590. The Morgan fingerprint density at radius 3 is 2.67 bits per heavy atom. The fourth-order valence-electron chi connectivity index (χ4n) is 7.79. The molecule has 4 aromatic rings. The zero-order valence-corrected chi connectivity index (χ0v) is 22.9. The summed E-state index contributed by atoms with van der Waals surface area (Å²) in [5.74, 6) is 0.891. The molecule has 0 amide bonds. The molecule has 40 heavy (non-hydrogen) atoms. The van der Waals surface area contributed by atoms with Gasteiger partial charge in [-0.1, -0.05) is 36.4 Å². The lowest BCUT2D eigenvalue weighted by Crippen LogP contribution is -2.51. The third-order valence-electron chi connectivity index (χ3n) is 9.66. The summed E-state index contributed by atoms with van der Waals surface area (Å²) in [5.41, 5.74) is 3.61. The first-order chi connectivity index (χ1) is 19.5. The summed E-state index contributed by atoms with van der Waals surface area (Å²) in [6.07, 6.45) is 4.16. The highest BCUT2D eigenvalue weighted by Gasteiger charge is 2.49. The predicted octanol–water partition coefficient (Wildman–Crippen LogP) is 5.05. The molecule has 7 nitrogen and oxygen atoms in total. The number of ether oxygens (including phenoxy) is 1. The Kier molecular flexibility index (Phi) is 5.71. The standard InChI is InChI=1S/C32H35FN6O/c1-20-5-2-6-21-7-3-8-25(28(20)21)27-12-11-26-29(35-27)36-31(37-30(26)38-17-23-9-10-24(18-38)34-23)40-19-32-13-4-14-39(32)16-22(33)15-32/h2-3,5-8,11-12,22-24,34H,4,9-10,13-19H2,1H3/t22-,23?,24?,32+/m1/s1. The van der Waals surface area contributed by atoms with E-state index in [1.807, 2.05) is 0 Å². The maximum Gasteiger partial charge on any atom is 0.320 e. The van der Waals surface area contributed by atoms with Gasteiger partial charge in [0, 0.05) is 43.7 Å². The van der Waals surface area contributed by atoms with Crippen LogP contribution in [-0.2, 0) is 0 Å². The SMILES string of the molecule is Cc1cccc2cccc(-c3ccc4c(N5CC6CCC(C5)N6)nc(OC[C@@]56CCCN5C[C@H](F)C6)nc4n3)c12. The summed E-state index contributed by atoms with van der Waals surface area (Å²) in [5, 5.41) is 7.08. The van der Waals surface area contributed by atoms with E-state index in [0.29, 0.717) is 43.3 Å². The number of rotatable bonds is 5. The van der Waals surface area contributed by atoms with E-state index in [0.717, 1.165) is 54.9 Å². The van der Waals surface area contributed by atoms with Crippen LogP contribution in [0, 0.1) is 6.92 Å². The van der Waals surface area contributed by atoms with Crippen molar-refractivity contribution in [1.29, 1.82) is 0 Å². The van der Waals surface area contributed by atoms with Crippen molar-refractivity contribution in [2.24, 2.45) is 0 Å². The van der Waals surface area contributed by atoms with Crippen LogP contribution >= 0.6 is 0 Å². The number of fused-ring (bicyclic) bond motifs is 5. The van der Waals surface area contributed by atoms with Gasteiger partial charge >= 0.3 is 6.01 Å². The van der Waals surface area contributed by atoms with Gasteiger partial charge in [0.15, 0.2) is 5.65 Å². The largest absolute Gasteiger partial charge is 0.461 e. The minimum atomic E-state index is -0.790. The van der Waals surface area contributed by atoms with Crippen LogP contribution in [-0.4, -0.2) is 76.4 Å². The molecule has 4 saturated heterocycles. The van der Waals surface area contributed by atoms with Gasteiger partial charge in [0.05, 0.1) is 16.6 Å². The Morgan fingerprint density at radius 1 is 1.00 bits per heavy atom. The van der Waals surface area contributed by atoms with Crippen LogP contribution in [0.3, 0.4) is 0 Å². The molecule has 4 aliphatic rings. The van der Waals surface area contributed by atoms with E-state index in [9.17, 15) is 4.39 Å². The average molecular weight is 539 g/mol. The molecule has 2 bridgehead atoms. The summed E-state index contributed by atoms with van der Waals surface area (Å²) >= 11 is 0. The lowest BCUT2D eigenvalue weighted by Gasteiger charge is -2.34. The molecule has 4 aliphatic heterocycles.